The van der Waals surface area contributed by atoms with E-state index in [9.17, 15) is 9.59 Å². The highest BCUT2D eigenvalue weighted by atomic mass is 16.2. The molecule has 2 N–H and O–H groups in total. The number of hydrogen-bond donors (Lipinski definition) is 2. The van der Waals surface area contributed by atoms with Crippen molar-refractivity contribution in [2.75, 3.05) is 23.3 Å². The van der Waals surface area contributed by atoms with E-state index in [-0.39, 0.29) is 17.9 Å². The number of rotatable bonds is 5. The topological polar surface area (TPSA) is 61.4 Å². The maximum absolute atomic E-state index is 12.0. The molecule has 168 valence electrons. The van der Waals surface area contributed by atoms with Crippen LogP contribution >= 0.6 is 0 Å². The number of carbonyl (C=O) groups excluding carboxylic acids is 2. The Hall–Kier alpha value is -2.82. The monoisotopic (exact) mass is 431 g/mol. The number of aryl methyl sites for hydroxylation is 1. The smallest absolute Gasteiger partial charge is 0.249 e. The van der Waals surface area contributed by atoms with E-state index in [2.05, 4.69) is 45.9 Å². The summed E-state index contributed by atoms with van der Waals surface area (Å²) in [7, 11) is 0. The second kappa shape index (κ2) is 9.35. The van der Waals surface area contributed by atoms with Crippen LogP contribution in [0, 0.1) is 5.92 Å². The molecule has 2 aromatic rings. The maximum atomic E-state index is 12.0. The van der Waals surface area contributed by atoms with Gasteiger partial charge >= 0.3 is 0 Å². The van der Waals surface area contributed by atoms with E-state index >= 15 is 0 Å². The molecule has 1 atom stereocenters. The number of hydrogen-bond acceptors (Lipinski definition) is 4. The molecule has 0 spiro atoms. The van der Waals surface area contributed by atoms with Gasteiger partial charge in [-0.1, -0.05) is 18.2 Å². The molecule has 32 heavy (non-hydrogen) atoms. The van der Waals surface area contributed by atoms with Crippen molar-refractivity contribution in [1.82, 2.24) is 5.32 Å². The molecular formula is C27H33N3O2. The zero-order valence-corrected chi connectivity index (χ0v) is 18.7. The lowest BCUT2D eigenvalue weighted by Crippen LogP contribution is -2.47. The molecule has 5 nitrogen and oxygen atoms in total. The first-order valence-corrected chi connectivity index (χ1v) is 12.2. The van der Waals surface area contributed by atoms with Crippen LogP contribution in [-0.2, 0) is 28.9 Å². The second-order valence-corrected chi connectivity index (χ2v) is 9.59. The minimum atomic E-state index is -0.335. The molecular weight excluding hydrogens is 398 g/mol. The van der Waals surface area contributed by atoms with E-state index < -0.39 is 0 Å². The molecule has 2 amide bonds. The highest BCUT2D eigenvalue weighted by molar-refractivity contribution is 6.01. The molecule has 5 heteroatoms. The summed E-state index contributed by atoms with van der Waals surface area (Å²) in [4.78, 5) is 25.8. The van der Waals surface area contributed by atoms with Gasteiger partial charge in [0.2, 0.25) is 11.8 Å². The average molecular weight is 432 g/mol. The van der Waals surface area contributed by atoms with Gasteiger partial charge in [-0.2, -0.15) is 0 Å². The molecule has 2 aliphatic heterocycles. The summed E-state index contributed by atoms with van der Waals surface area (Å²) >= 11 is 0. The molecule has 2 heterocycles. The first-order chi connectivity index (χ1) is 15.7. The number of benzene rings is 2. The van der Waals surface area contributed by atoms with Crippen LogP contribution in [0.15, 0.2) is 42.5 Å². The summed E-state index contributed by atoms with van der Waals surface area (Å²) in [5, 5.41) is 5.66. The van der Waals surface area contributed by atoms with Gasteiger partial charge in [0.1, 0.15) is 6.04 Å². The van der Waals surface area contributed by atoms with Crippen LogP contribution < -0.4 is 15.5 Å². The van der Waals surface area contributed by atoms with Crippen molar-refractivity contribution in [2.45, 2.75) is 63.8 Å². The Morgan fingerprint density at radius 2 is 1.69 bits per heavy atom. The fourth-order valence-corrected chi connectivity index (χ4v) is 5.56. The van der Waals surface area contributed by atoms with Crippen LogP contribution in [0.5, 0.6) is 0 Å². The highest BCUT2D eigenvalue weighted by Crippen LogP contribution is 2.30. The molecule has 0 aromatic heterocycles. The predicted octanol–water partition coefficient (Wildman–Crippen LogP) is 4.24. The minimum Gasteiger partial charge on any atom is -0.374 e. The third-order valence-corrected chi connectivity index (χ3v) is 7.43. The Labute approximate surface area is 190 Å². The molecule has 0 bridgehead atoms. The van der Waals surface area contributed by atoms with E-state index in [0.29, 0.717) is 12.8 Å². The minimum absolute atomic E-state index is 0.182. The van der Waals surface area contributed by atoms with Gasteiger partial charge < -0.3 is 10.2 Å². The molecule has 2 aromatic carbocycles. The Bertz CT molecular complexity index is 977. The van der Waals surface area contributed by atoms with Gasteiger partial charge in [-0.05, 0) is 98.2 Å². The maximum Gasteiger partial charge on any atom is 0.249 e. The molecule has 2 saturated heterocycles. The van der Waals surface area contributed by atoms with Gasteiger partial charge in [0.25, 0.3) is 0 Å². The fraction of sp³-hybridized carbons (Fsp3) is 0.481. The first-order valence-electron chi connectivity index (χ1n) is 12.2. The SMILES string of the molecule is O=C1CCC(Nc2ccc(N3CCC(Cc4cccc5c4CCCC5)CC3)cc2)C(=O)N1. The van der Waals surface area contributed by atoms with Crippen LogP contribution in [0.2, 0.25) is 0 Å². The van der Waals surface area contributed by atoms with Crippen molar-refractivity contribution in [3.63, 3.8) is 0 Å². The largest absolute Gasteiger partial charge is 0.374 e. The summed E-state index contributed by atoms with van der Waals surface area (Å²) in [6.07, 6.45) is 9.85. The lowest BCUT2D eigenvalue weighted by molar-refractivity contribution is -0.133. The van der Waals surface area contributed by atoms with E-state index in [1.54, 1.807) is 16.7 Å². The molecule has 2 fully saturated rings. The van der Waals surface area contributed by atoms with Crippen LogP contribution in [0.1, 0.15) is 55.2 Å². The molecule has 3 aliphatic rings. The van der Waals surface area contributed by atoms with Gasteiger partial charge in [-0.25, -0.2) is 0 Å². The van der Waals surface area contributed by atoms with Crippen LogP contribution in [0.3, 0.4) is 0 Å². The second-order valence-electron chi connectivity index (χ2n) is 9.59. The van der Waals surface area contributed by atoms with Crippen molar-refractivity contribution in [3.8, 4) is 0 Å². The number of piperidine rings is 2. The van der Waals surface area contributed by atoms with Crippen molar-refractivity contribution < 1.29 is 9.59 Å². The van der Waals surface area contributed by atoms with E-state index in [1.807, 2.05) is 12.1 Å². The van der Waals surface area contributed by atoms with Gasteiger partial charge in [0.05, 0.1) is 0 Å². The van der Waals surface area contributed by atoms with Gasteiger partial charge in [0.15, 0.2) is 0 Å². The number of nitrogens with zero attached hydrogens (tertiary/aromatic N) is 1. The highest BCUT2D eigenvalue weighted by Gasteiger charge is 2.26. The summed E-state index contributed by atoms with van der Waals surface area (Å²) in [5.41, 5.74) is 7.02. The first kappa shape index (κ1) is 21.0. The average Bonchev–Trinajstić information content (AvgIpc) is 2.82. The number of nitrogens with one attached hydrogen (secondary N) is 2. The molecule has 0 radical (unpaired) electrons. The lowest BCUT2D eigenvalue weighted by Gasteiger charge is -2.34. The van der Waals surface area contributed by atoms with Crippen LogP contribution in [0.4, 0.5) is 11.4 Å². The third-order valence-electron chi connectivity index (χ3n) is 7.43. The number of amides is 2. The lowest BCUT2D eigenvalue weighted by atomic mass is 9.83. The molecule has 1 aliphatic carbocycles. The summed E-state index contributed by atoms with van der Waals surface area (Å²) in [6.45, 7) is 2.19. The van der Waals surface area contributed by atoms with Crippen LogP contribution in [-0.4, -0.2) is 30.9 Å². The summed E-state index contributed by atoms with van der Waals surface area (Å²) < 4.78 is 0. The quantitative estimate of drug-likeness (QED) is 0.695. The van der Waals surface area contributed by atoms with Crippen molar-refractivity contribution in [3.05, 3.63) is 59.2 Å². The number of imide groups is 1. The zero-order valence-electron chi connectivity index (χ0n) is 18.7. The van der Waals surface area contributed by atoms with Gasteiger partial charge in [-0.15, -0.1) is 0 Å². The Morgan fingerprint density at radius 1 is 0.906 bits per heavy atom. The van der Waals surface area contributed by atoms with E-state index in [4.69, 9.17) is 0 Å². The zero-order chi connectivity index (χ0) is 21.9. The van der Waals surface area contributed by atoms with Crippen molar-refractivity contribution in [2.24, 2.45) is 5.92 Å². The van der Waals surface area contributed by atoms with Crippen molar-refractivity contribution >= 4 is 23.2 Å². The Kier molecular flexibility index (Phi) is 6.15. The normalized spacial score (nSPS) is 21.8. The summed E-state index contributed by atoms with van der Waals surface area (Å²) in [5.74, 6) is 0.360. The summed E-state index contributed by atoms with van der Waals surface area (Å²) in [6, 6.07) is 15.0. The third kappa shape index (κ3) is 4.67. The number of fused-ring (bicyclic) bond motifs is 1. The fourth-order valence-electron chi connectivity index (χ4n) is 5.56. The van der Waals surface area contributed by atoms with E-state index in [0.717, 1.165) is 24.7 Å². The van der Waals surface area contributed by atoms with Gasteiger partial charge in [-0.3, -0.25) is 14.9 Å². The molecule has 0 saturated carbocycles. The predicted molar refractivity (Wildman–Crippen MR) is 128 cm³/mol. The number of carbonyl (C=O) groups is 2. The van der Waals surface area contributed by atoms with Crippen LogP contribution in [0.25, 0.3) is 0 Å². The van der Waals surface area contributed by atoms with Gasteiger partial charge in [0, 0.05) is 30.9 Å². The Morgan fingerprint density at radius 3 is 2.47 bits per heavy atom. The standard InChI is InChI=1S/C27H33N3O2/c31-26-13-12-25(27(32)29-26)28-22-8-10-23(11-9-22)30-16-14-19(15-17-30)18-21-6-3-5-20-4-1-2-7-24(20)21/h3,5-6,8-11,19,25,28H,1-2,4,7,12-18H2,(H,29,31,32). The molecule has 1 unspecified atom stereocenters. The number of anilines is 2. The Balaban J connectivity index is 1.15. The van der Waals surface area contributed by atoms with E-state index in [1.165, 1.54) is 50.6 Å². The van der Waals surface area contributed by atoms with Crippen molar-refractivity contribution in [1.29, 1.82) is 0 Å². The molecule has 5 rings (SSSR count).